The number of hydrogen-bond acceptors (Lipinski definition) is 6. The number of pyridine rings is 1. The molecule has 2 aliphatic rings. The Hall–Kier alpha value is -1.76. The number of aromatic nitrogens is 2. The first-order valence-corrected chi connectivity index (χ1v) is 8.59. The molecule has 2 aromatic rings. The van der Waals surface area contributed by atoms with E-state index in [-0.39, 0.29) is 6.10 Å². The minimum Gasteiger partial charge on any atom is -0.374 e. The summed E-state index contributed by atoms with van der Waals surface area (Å²) in [4.78, 5) is 9.22. The maximum absolute atomic E-state index is 6.04. The number of rotatable bonds is 4. The number of morpholine rings is 1. The minimum absolute atomic E-state index is 0.288. The van der Waals surface area contributed by atoms with E-state index < -0.39 is 0 Å². The average Bonchev–Trinajstić information content (AvgIpc) is 3.14. The molecular formula is C18H24N4O2. The van der Waals surface area contributed by atoms with Crippen LogP contribution in [0.3, 0.4) is 0 Å². The van der Waals surface area contributed by atoms with Gasteiger partial charge in [-0.1, -0.05) is 11.2 Å². The standard InChI is InChI=1S/C18H24N4O2/c1-13-16(14(2)24-20-13)10-22-6-7-23-18-12-21(11-17(18)22)9-15-4-3-5-19-8-15/h3-5,8,17-18H,6-7,9-12H2,1-2H3/t17-,18+/m0/s1. The quantitative estimate of drug-likeness (QED) is 0.853. The van der Waals surface area contributed by atoms with Crippen LogP contribution in [-0.2, 0) is 17.8 Å². The van der Waals surface area contributed by atoms with Crippen LogP contribution in [0.25, 0.3) is 0 Å². The third kappa shape index (κ3) is 3.09. The van der Waals surface area contributed by atoms with E-state index in [1.165, 1.54) is 11.1 Å². The Bertz CT molecular complexity index is 668. The van der Waals surface area contributed by atoms with Gasteiger partial charge < -0.3 is 9.26 Å². The van der Waals surface area contributed by atoms with E-state index in [4.69, 9.17) is 9.26 Å². The number of aryl methyl sites for hydroxylation is 2. The summed E-state index contributed by atoms with van der Waals surface area (Å²) in [6.45, 7) is 9.62. The van der Waals surface area contributed by atoms with Gasteiger partial charge in [0.05, 0.1) is 24.4 Å². The van der Waals surface area contributed by atoms with Crippen LogP contribution in [0.5, 0.6) is 0 Å². The van der Waals surface area contributed by atoms with Gasteiger partial charge in [0.2, 0.25) is 0 Å². The van der Waals surface area contributed by atoms with Crippen molar-refractivity contribution in [2.24, 2.45) is 0 Å². The van der Waals surface area contributed by atoms with Crippen molar-refractivity contribution in [3.8, 4) is 0 Å². The second kappa shape index (κ2) is 6.63. The molecule has 0 aliphatic carbocycles. The van der Waals surface area contributed by atoms with E-state index in [9.17, 15) is 0 Å². The topological polar surface area (TPSA) is 54.6 Å². The predicted octanol–water partition coefficient (Wildman–Crippen LogP) is 1.77. The first kappa shape index (κ1) is 15.7. The van der Waals surface area contributed by atoms with Gasteiger partial charge in [-0.05, 0) is 25.5 Å². The second-order valence-corrected chi connectivity index (χ2v) is 6.81. The Kier molecular flexibility index (Phi) is 4.35. The third-order valence-corrected chi connectivity index (χ3v) is 5.16. The molecule has 0 saturated carbocycles. The number of fused-ring (bicyclic) bond motifs is 1. The van der Waals surface area contributed by atoms with Crippen LogP contribution < -0.4 is 0 Å². The monoisotopic (exact) mass is 328 g/mol. The van der Waals surface area contributed by atoms with E-state index in [2.05, 4.69) is 26.0 Å². The lowest BCUT2D eigenvalue weighted by molar-refractivity contribution is -0.0506. The number of ether oxygens (including phenoxy) is 1. The lowest BCUT2D eigenvalue weighted by atomic mass is 10.1. The zero-order chi connectivity index (χ0) is 16.5. The van der Waals surface area contributed by atoms with Gasteiger partial charge in [0.25, 0.3) is 0 Å². The van der Waals surface area contributed by atoms with Gasteiger partial charge in [0.15, 0.2) is 0 Å². The number of likely N-dealkylation sites (tertiary alicyclic amines) is 1. The first-order chi connectivity index (χ1) is 11.7. The van der Waals surface area contributed by atoms with Gasteiger partial charge in [-0.2, -0.15) is 0 Å². The summed E-state index contributed by atoms with van der Waals surface area (Å²) in [7, 11) is 0. The molecule has 0 radical (unpaired) electrons. The molecule has 4 rings (SSSR count). The van der Waals surface area contributed by atoms with Gasteiger partial charge in [-0.15, -0.1) is 0 Å². The zero-order valence-corrected chi connectivity index (χ0v) is 14.3. The maximum Gasteiger partial charge on any atom is 0.138 e. The van der Waals surface area contributed by atoms with E-state index >= 15 is 0 Å². The lowest BCUT2D eigenvalue weighted by Gasteiger charge is -2.36. The van der Waals surface area contributed by atoms with Crippen molar-refractivity contribution >= 4 is 0 Å². The van der Waals surface area contributed by atoms with Gasteiger partial charge in [0, 0.05) is 50.7 Å². The Morgan fingerprint density at radius 1 is 1.25 bits per heavy atom. The highest BCUT2D eigenvalue weighted by molar-refractivity contribution is 5.21. The fraction of sp³-hybridized carbons (Fsp3) is 0.556. The molecule has 0 amide bonds. The summed E-state index contributed by atoms with van der Waals surface area (Å²) in [6.07, 6.45) is 4.06. The summed E-state index contributed by atoms with van der Waals surface area (Å²) < 4.78 is 11.4. The molecule has 4 heterocycles. The predicted molar refractivity (Wildman–Crippen MR) is 89.4 cm³/mol. The highest BCUT2D eigenvalue weighted by Crippen LogP contribution is 2.27. The molecule has 2 fully saturated rings. The van der Waals surface area contributed by atoms with Crippen molar-refractivity contribution in [3.63, 3.8) is 0 Å². The van der Waals surface area contributed by atoms with Crippen molar-refractivity contribution in [3.05, 3.63) is 47.1 Å². The molecule has 2 saturated heterocycles. The zero-order valence-electron chi connectivity index (χ0n) is 14.3. The van der Waals surface area contributed by atoms with Crippen LogP contribution in [0, 0.1) is 13.8 Å². The SMILES string of the molecule is Cc1noc(C)c1CN1CCO[C@@H]2CN(Cc3cccnc3)C[C@@H]21. The largest absolute Gasteiger partial charge is 0.374 e. The summed E-state index contributed by atoms with van der Waals surface area (Å²) >= 11 is 0. The molecule has 0 spiro atoms. The average molecular weight is 328 g/mol. The van der Waals surface area contributed by atoms with E-state index in [0.29, 0.717) is 6.04 Å². The molecule has 0 bridgehead atoms. The normalized spacial score (nSPS) is 25.1. The Morgan fingerprint density at radius 3 is 2.92 bits per heavy atom. The molecule has 24 heavy (non-hydrogen) atoms. The summed E-state index contributed by atoms with van der Waals surface area (Å²) in [6, 6.07) is 4.57. The van der Waals surface area contributed by atoms with Gasteiger partial charge >= 0.3 is 0 Å². The smallest absolute Gasteiger partial charge is 0.138 e. The molecule has 2 aliphatic heterocycles. The second-order valence-electron chi connectivity index (χ2n) is 6.81. The Morgan fingerprint density at radius 2 is 2.17 bits per heavy atom. The molecular weight excluding hydrogens is 304 g/mol. The van der Waals surface area contributed by atoms with E-state index in [0.717, 1.165) is 50.8 Å². The van der Waals surface area contributed by atoms with Gasteiger partial charge in [-0.3, -0.25) is 14.8 Å². The fourth-order valence-electron chi connectivity index (χ4n) is 3.84. The van der Waals surface area contributed by atoms with Crippen molar-refractivity contribution in [2.45, 2.75) is 39.1 Å². The van der Waals surface area contributed by atoms with E-state index in [1.807, 2.05) is 32.3 Å². The summed E-state index contributed by atoms with van der Waals surface area (Å²) in [5.74, 6) is 0.931. The summed E-state index contributed by atoms with van der Waals surface area (Å²) in [5, 5.41) is 4.09. The molecule has 6 heteroatoms. The van der Waals surface area contributed by atoms with Crippen LogP contribution in [-0.4, -0.2) is 58.3 Å². The van der Waals surface area contributed by atoms with Crippen LogP contribution in [0.4, 0.5) is 0 Å². The van der Waals surface area contributed by atoms with E-state index in [1.54, 1.807) is 0 Å². The summed E-state index contributed by atoms with van der Waals surface area (Å²) in [5.41, 5.74) is 3.48. The molecule has 2 atom stereocenters. The molecule has 6 nitrogen and oxygen atoms in total. The van der Waals surface area contributed by atoms with Crippen molar-refractivity contribution < 1.29 is 9.26 Å². The van der Waals surface area contributed by atoms with Crippen molar-refractivity contribution in [2.75, 3.05) is 26.2 Å². The number of nitrogens with zero attached hydrogens (tertiary/aromatic N) is 4. The van der Waals surface area contributed by atoms with Crippen molar-refractivity contribution in [1.29, 1.82) is 0 Å². The highest BCUT2D eigenvalue weighted by Gasteiger charge is 2.40. The Labute approximate surface area is 142 Å². The van der Waals surface area contributed by atoms with Crippen LogP contribution in [0.2, 0.25) is 0 Å². The molecule has 0 N–H and O–H groups in total. The lowest BCUT2D eigenvalue weighted by Crippen LogP contribution is -2.50. The van der Waals surface area contributed by atoms with Crippen molar-refractivity contribution in [1.82, 2.24) is 19.9 Å². The fourth-order valence-corrected chi connectivity index (χ4v) is 3.84. The number of hydrogen-bond donors (Lipinski definition) is 0. The molecule has 0 aromatic carbocycles. The molecule has 0 unspecified atom stereocenters. The molecule has 128 valence electrons. The van der Waals surface area contributed by atoms with Crippen LogP contribution >= 0.6 is 0 Å². The highest BCUT2D eigenvalue weighted by atomic mass is 16.5. The Balaban J connectivity index is 1.45. The van der Waals surface area contributed by atoms with Gasteiger partial charge in [-0.25, -0.2) is 0 Å². The van der Waals surface area contributed by atoms with Crippen LogP contribution in [0.1, 0.15) is 22.6 Å². The maximum atomic E-state index is 6.04. The third-order valence-electron chi connectivity index (χ3n) is 5.16. The molecule has 2 aromatic heterocycles. The minimum atomic E-state index is 0.288. The van der Waals surface area contributed by atoms with Crippen LogP contribution in [0.15, 0.2) is 29.0 Å². The van der Waals surface area contributed by atoms with Gasteiger partial charge in [0.1, 0.15) is 5.76 Å². The first-order valence-electron chi connectivity index (χ1n) is 8.59.